The highest BCUT2D eigenvalue weighted by molar-refractivity contribution is 7.99. The van der Waals surface area contributed by atoms with Crippen LogP contribution >= 0.6 is 11.8 Å². The molecule has 1 fully saturated rings. The average molecular weight is 373 g/mol. The zero-order valence-electron chi connectivity index (χ0n) is 14.8. The molecular formula is C18H23N5O2S. The number of nitrogens with zero attached hydrogens (tertiary/aromatic N) is 3. The SMILES string of the molecule is Cn1c(SCC(=O)Nc2ccccc2C(N)=O)nnc1C1CCCCC1. The lowest BCUT2D eigenvalue weighted by Gasteiger charge is -2.20. The average Bonchev–Trinajstić information content (AvgIpc) is 3.01. The summed E-state index contributed by atoms with van der Waals surface area (Å²) < 4.78 is 1.99. The van der Waals surface area contributed by atoms with Crippen molar-refractivity contribution in [3.8, 4) is 0 Å². The lowest BCUT2D eigenvalue weighted by Crippen LogP contribution is -2.19. The fourth-order valence-electron chi connectivity index (χ4n) is 3.29. The van der Waals surface area contributed by atoms with E-state index in [0.717, 1.165) is 23.8 Å². The predicted octanol–water partition coefficient (Wildman–Crippen LogP) is 2.69. The predicted molar refractivity (Wildman–Crippen MR) is 101 cm³/mol. The van der Waals surface area contributed by atoms with Gasteiger partial charge in [-0.3, -0.25) is 9.59 Å². The van der Waals surface area contributed by atoms with E-state index in [1.807, 2.05) is 11.6 Å². The summed E-state index contributed by atoms with van der Waals surface area (Å²) in [7, 11) is 1.95. The van der Waals surface area contributed by atoms with E-state index in [-0.39, 0.29) is 11.7 Å². The minimum absolute atomic E-state index is 0.184. The molecule has 0 atom stereocenters. The molecule has 0 radical (unpaired) electrons. The first kappa shape index (κ1) is 18.4. The first-order chi connectivity index (χ1) is 12.6. The van der Waals surface area contributed by atoms with E-state index in [4.69, 9.17) is 5.73 Å². The molecule has 0 unspecified atom stereocenters. The number of aromatic nitrogens is 3. The Morgan fingerprint density at radius 2 is 1.96 bits per heavy atom. The number of carbonyl (C=O) groups is 2. The molecule has 1 saturated carbocycles. The van der Waals surface area contributed by atoms with Crippen molar-refractivity contribution >= 4 is 29.3 Å². The molecule has 26 heavy (non-hydrogen) atoms. The van der Waals surface area contributed by atoms with Gasteiger partial charge in [-0.15, -0.1) is 10.2 Å². The number of hydrogen-bond donors (Lipinski definition) is 2. The number of para-hydroxylation sites is 1. The Labute approximate surface area is 156 Å². The van der Waals surface area contributed by atoms with Crippen LogP contribution in [-0.4, -0.2) is 32.3 Å². The van der Waals surface area contributed by atoms with Gasteiger partial charge in [-0.2, -0.15) is 0 Å². The molecule has 0 spiro atoms. The summed E-state index contributed by atoms with van der Waals surface area (Å²) in [6.07, 6.45) is 6.08. The van der Waals surface area contributed by atoms with Crippen LogP contribution in [0.3, 0.4) is 0 Å². The number of thioether (sulfide) groups is 1. The van der Waals surface area contributed by atoms with Crippen molar-refractivity contribution in [3.05, 3.63) is 35.7 Å². The number of primary amides is 1. The summed E-state index contributed by atoms with van der Waals surface area (Å²) in [4.78, 5) is 23.7. The third-order valence-corrected chi connectivity index (χ3v) is 5.66. The molecule has 8 heteroatoms. The monoisotopic (exact) mass is 373 g/mol. The number of hydrogen-bond acceptors (Lipinski definition) is 5. The number of nitrogens with two attached hydrogens (primary N) is 1. The molecule has 0 aliphatic heterocycles. The highest BCUT2D eigenvalue weighted by Gasteiger charge is 2.22. The van der Waals surface area contributed by atoms with Gasteiger partial charge in [0.15, 0.2) is 5.16 Å². The summed E-state index contributed by atoms with van der Waals surface area (Å²) in [5.41, 5.74) is 6.05. The van der Waals surface area contributed by atoms with Gasteiger partial charge in [0.2, 0.25) is 5.91 Å². The Morgan fingerprint density at radius 1 is 1.23 bits per heavy atom. The highest BCUT2D eigenvalue weighted by atomic mass is 32.2. The van der Waals surface area contributed by atoms with Crippen molar-refractivity contribution in [2.45, 2.75) is 43.2 Å². The highest BCUT2D eigenvalue weighted by Crippen LogP contribution is 2.32. The molecular weight excluding hydrogens is 350 g/mol. The third kappa shape index (κ3) is 4.24. The van der Waals surface area contributed by atoms with Gasteiger partial charge < -0.3 is 15.6 Å². The Bertz CT molecular complexity index is 799. The normalized spacial score (nSPS) is 15.0. The van der Waals surface area contributed by atoms with Crippen molar-refractivity contribution in [2.24, 2.45) is 12.8 Å². The summed E-state index contributed by atoms with van der Waals surface area (Å²) in [5.74, 6) is 0.868. The molecule has 2 amide bonds. The minimum atomic E-state index is -0.570. The van der Waals surface area contributed by atoms with Crippen LogP contribution in [0.1, 0.15) is 54.2 Å². The molecule has 1 aliphatic rings. The molecule has 3 N–H and O–H groups in total. The largest absolute Gasteiger partial charge is 0.366 e. The van der Waals surface area contributed by atoms with Crippen LogP contribution in [0, 0.1) is 0 Å². The van der Waals surface area contributed by atoms with E-state index in [0.29, 0.717) is 17.2 Å². The van der Waals surface area contributed by atoms with Crippen molar-refractivity contribution in [2.75, 3.05) is 11.1 Å². The van der Waals surface area contributed by atoms with Crippen LogP contribution in [0.5, 0.6) is 0 Å². The summed E-state index contributed by atoms with van der Waals surface area (Å²) in [6, 6.07) is 6.70. The lowest BCUT2D eigenvalue weighted by atomic mass is 9.89. The van der Waals surface area contributed by atoms with Crippen molar-refractivity contribution in [1.82, 2.24) is 14.8 Å². The first-order valence-electron chi connectivity index (χ1n) is 8.77. The zero-order valence-corrected chi connectivity index (χ0v) is 15.6. The molecule has 1 aliphatic carbocycles. The summed E-state index contributed by atoms with van der Waals surface area (Å²) >= 11 is 1.33. The smallest absolute Gasteiger partial charge is 0.250 e. The summed E-state index contributed by atoms with van der Waals surface area (Å²) in [6.45, 7) is 0. The Morgan fingerprint density at radius 3 is 2.69 bits per heavy atom. The standard InChI is InChI=1S/C18H23N5O2S/c1-23-17(12-7-3-2-4-8-12)21-22-18(23)26-11-15(24)20-14-10-6-5-9-13(14)16(19)25/h5-6,9-10,12H,2-4,7-8,11H2,1H3,(H2,19,25)(H,20,24). The maximum atomic E-state index is 12.2. The van der Waals surface area contributed by atoms with E-state index in [1.54, 1.807) is 24.3 Å². The third-order valence-electron chi connectivity index (χ3n) is 4.64. The number of rotatable bonds is 6. The second-order valence-electron chi connectivity index (χ2n) is 6.48. The van der Waals surface area contributed by atoms with Crippen molar-refractivity contribution < 1.29 is 9.59 Å². The Hall–Kier alpha value is -2.35. The maximum Gasteiger partial charge on any atom is 0.250 e. The van der Waals surface area contributed by atoms with Crippen LogP contribution in [-0.2, 0) is 11.8 Å². The topological polar surface area (TPSA) is 103 Å². The van der Waals surface area contributed by atoms with Crippen LogP contribution < -0.4 is 11.1 Å². The fraction of sp³-hybridized carbons (Fsp3) is 0.444. The van der Waals surface area contributed by atoms with Crippen molar-refractivity contribution in [1.29, 1.82) is 0 Å². The molecule has 1 aromatic carbocycles. The Balaban J connectivity index is 1.60. The number of carbonyl (C=O) groups excluding carboxylic acids is 2. The molecule has 0 bridgehead atoms. The summed E-state index contributed by atoms with van der Waals surface area (Å²) in [5, 5.41) is 12.0. The molecule has 3 rings (SSSR count). The first-order valence-corrected chi connectivity index (χ1v) is 9.75. The number of anilines is 1. The quantitative estimate of drug-likeness (QED) is 0.758. The van der Waals surface area contributed by atoms with Crippen molar-refractivity contribution in [3.63, 3.8) is 0 Å². The van der Waals surface area contributed by atoms with E-state index in [1.165, 1.54) is 31.0 Å². The van der Waals surface area contributed by atoms with Gasteiger partial charge in [0.05, 0.1) is 17.0 Å². The molecule has 1 aromatic heterocycles. The van der Waals surface area contributed by atoms with Gasteiger partial charge in [0.1, 0.15) is 5.82 Å². The van der Waals surface area contributed by atoms with Gasteiger partial charge in [0.25, 0.3) is 5.91 Å². The zero-order chi connectivity index (χ0) is 18.5. The van der Waals surface area contributed by atoms with E-state index in [9.17, 15) is 9.59 Å². The van der Waals surface area contributed by atoms with Crippen LogP contribution in [0.2, 0.25) is 0 Å². The Kier molecular flexibility index (Phi) is 5.92. The van der Waals surface area contributed by atoms with E-state index < -0.39 is 5.91 Å². The molecule has 0 saturated heterocycles. The van der Waals surface area contributed by atoms with Crippen LogP contribution in [0.25, 0.3) is 0 Å². The van der Waals surface area contributed by atoms with Crippen LogP contribution in [0.15, 0.2) is 29.4 Å². The van der Waals surface area contributed by atoms with E-state index >= 15 is 0 Å². The molecule has 2 aromatic rings. The lowest BCUT2D eigenvalue weighted by molar-refractivity contribution is -0.113. The minimum Gasteiger partial charge on any atom is -0.366 e. The number of amides is 2. The number of benzene rings is 1. The maximum absolute atomic E-state index is 12.2. The molecule has 138 valence electrons. The second-order valence-corrected chi connectivity index (χ2v) is 7.42. The molecule has 1 heterocycles. The number of nitrogens with one attached hydrogen (secondary N) is 1. The van der Waals surface area contributed by atoms with Gasteiger partial charge in [-0.1, -0.05) is 43.2 Å². The van der Waals surface area contributed by atoms with Crippen LogP contribution in [0.4, 0.5) is 5.69 Å². The van der Waals surface area contributed by atoms with Gasteiger partial charge >= 0.3 is 0 Å². The fourth-order valence-corrected chi connectivity index (χ4v) is 4.01. The van der Waals surface area contributed by atoms with E-state index in [2.05, 4.69) is 15.5 Å². The second kappa shape index (κ2) is 8.35. The van der Waals surface area contributed by atoms with Gasteiger partial charge in [-0.05, 0) is 25.0 Å². The van der Waals surface area contributed by atoms with Gasteiger partial charge in [-0.25, -0.2) is 0 Å². The van der Waals surface area contributed by atoms with Gasteiger partial charge in [0, 0.05) is 13.0 Å². The molecule has 7 nitrogen and oxygen atoms in total.